The van der Waals surface area contributed by atoms with E-state index in [1.54, 1.807) is 13.0 Å². The highest BCUT2D eigenvalue weighted by molar-refractivity contribution is 7.81. The second-order valence-corrected chi connectivity index (χ2v) is 4.28. The zero-order valence-corrected chi connectivity index (χ0v) is 9.69. The lowest BCUT2D eigenvalue weighted by molar-refractivity contribution is -0.115. The van der Waals surface area contributed by atoms with Crippen LogP contribution < -0.4 is 5.32 Å². The Morgan fingerprint density at radius 3 is 2.71 bits per heavy atom. The summed E-state index contributed by atoms with van der Waals surface area (Å²) in [4.78, 5) is 11.4. The molecule has 0 aromatic heterocycles. The summed E-state index contributed by atoms with van der Waals surface area (Å²) in [5, 5.41) is 2.94. The number of aryl methyl sites for hydroxylation is 1. The topological polar surface area (TPSA) is 29.1 Å². The minimum absolute atomic E-state index is 0.149. The molecule has 0 radical (unpaired) electrons. The second-order valence-electron chi connectivity index (χ2n) is 3.10. The fourth-order valence-corrected chi connectivity index (χ4v) is 1.35. The van der Waals surface area contributed by atoms with Gasteiger partial charge in [0.1, 0.15) is 0 Å². The van der Waals surface area contributed by atoms with Crippen molar-refractivity contribution < 1.29 is 4.79 Å². The number of anilines is 1. The van der Waals surface area contributed by atoms with Crippen molar-refractivity contribution in [1.29, 1.82) is 0 Å². The molecule has 0 aliphatic rings. The number of para-hydroxylation sites is 1. The van der Waals surface area contributed by atoms with E-state index >= 15 is 0 Å². The average Bonchev–Trinajstić information content (AvgIpc) is 2.11. The Kier molecular flexibility index (Phi) is 3.84. The van der Waals surface area contributed by atoms with Crippen molar-refractivity contribution in [2.75, 3.05) is 5.32 Å². The fraction of sp³-hybridized carbons (Fsp3) is 0.300. The molecule has 1 N–H and O–H groups in total. The Morgan fingerprint density at radius 1 is 1.57 bits per heavy atom. The number of rotatable bonds is 2. The number of amides is 1. The van der Waals surface area contributed by atoms with Crippen molar-refractivity contribution in [1.82, 2.24) is 0 Å². The van der Waals surface area contributed by atoms with Gasteiger partial charge in [-0.05, 0) is 25.5 Å². The summed E-state index contributed by atoms with van der Waals surface area (Å²) in [7, 11) is 0. The van der Waals surface area contributed by atoms with Gasteiger partial charge in [-0.15, -0.1) is 0 Å². The molecule has 1 unspecified atom stereocenters. The molecule has 0 heterocycles. The maximum atomic E-state index is 11.4. The Morgan fingerprint density at radius 2 is 2.21 bits per heavy atom. The zero-order chi connectivity index (χ0) is 10.7. The van der Waals surface area contributed by atoms with Crippen LogP contribution in [-0.2, 0) is 4.79 Å². The monoisotopic (exact) mass is 229 g/mol. The van der Waals surface area contributed by atoms with Crippen molar-refractivity contribution in [3.05, 3.63) is 28.8 Å². The molecule has 0 spiro atoms. The third-order valence-electron chi connectivity index (χ3n) is 1.85. The lowest BCUT2D eigenvalue weighted by Crippen LogP contribution is -2.21. The molecule has 1 rings (SSSR count). The summed E-state index contributed by atoms with van der Waals surface area (Å²) in [5.74, 6) is -0.149. The summed E-state index contributed by atoms with van der Waals surface area (Å²) in [5.41, 5.74) is 1.61. The van der Waals surface area contributed by atoms with Crippen molar-refractivity contribution >= 4 is 35.8 Å². The number of carbonyl (C=O) groups is 1. The number of benzene rings is 1. The smallest absolute Gasteiger partial charge is 0.236 e. The molecule has 0 aliphatic carbocycles. The van der Waals surface area contributed by atoms with Crippen LogP contribution >= 0.6 is 24.2 Å². The highest BCUT2D eigenvalue weighted by Crippen LogP contribution is 2.25. The van der Waals surface area contributed by atoms with Gasteiger partial charge in [0, 0.05) is 0 Å². The van der Waals surface area contributed by atoms with Crippen molar-refractivity contribution in [2.24, 2.45) is 0 Å². The van der Waals surface area contributed by atoms with Gasteiger partial charge in [0.15, 0.2) is 0 Å². The minimum atomic E-state index is -0.342. The molecule has 1 aromatic carbocycles. The van der Waals surface area contributed by atoms with Crippen LogP contribution in [0.15, 0.2) is 18.2 Å². The van der Waals surface area contributed by atoms with E-state index < -0.39 is 0 Å². The molecule has 76 valence electrons. The maximum absolute atomic E-state index is 11.4. The molecule has 14 heavy (non-hydrogen) atoms. The Hall–Kier alpha value is -0.670. The summed E-state index contributed by atoms with van der Waals surface area (Å²) in [6, 6.07) is 5.48. The standard InChI is InChI=1S/C10H12ClNOS/c1-6-4-3-5-8(11)9(6)12-10(13)7(2)14/h3-5,7,14H,1-2H3,(H,12,13). The summed E-state index contributed by atoms with van der Waals surface area (Å²) in [6.45, 7) is 3.61. The fourth-order valence-electron chi connectivity index (χ4n) is 1.02. The molecule has 0 bridgehead atoms. The summed E-state index contributed by atoms with van der Waals surface area (Å²) < 4.78 is 0. The summed E-state index contributed by atoms with van der Waals surface area (Å²) in [6.07, 6.45) is 0. The van der Waals surface area contributed by atoms with E-state index in [-0.39, 0.29) is 11.2 Å². The van der Waals surface area contributed by atoms with E-state index in [1.807, 2.05) is 19.1 Å². The van der Waals surface area contributed by atoms with E-state index in [4.69, 9.17) is 11.6 Å². The van der Waals surface area contributed by atoms with Crippen LogP contribution in [0, 0.1) is 6.92 Å². The number of halogens is 1. The van der Waals surface area contributed by atoms with Gasteiger partial charge in [-0.1, -0.05) is 23.7 Å². The molecule has 0 fully saturated rings. The first-order valence-corrected chi connectivity index (χ1v) is 5.16. The van der Waals surface area contributed by atoms with Crippen LogP contribution in [0.4, 0.5) is 5.69 Å². The molecule has 1 amide bonds. The highest BCUT2D eigenvalue weighted by Gasteiger charge is 2.11. The highest BCUT2D eigenvalue weighted by atomic mass is 35.5. The average molecular weight is 230 g/mol. The van der Waals surface area contributed by atoms with Gasteiger partial charge >= 0.3 is 0 Å². The molecule has 1 aromatic rings. The van der Waals surface area contributed by atoms with Crippen molar-refractivity contribution in [3.8, 4) is 0 Å². The van der Waals surface area contributed by atoms with Gasteiger partial charge in [0.05, 0.1) is 16.0 Å². The zero-order valence-electron chi connectivity index (χ0n) is 8.04. The Labute approximate surface area is 94.1 Å². The molecule has 2 nitrogen and oxygen atoms in total. The van der Waals surface area contributed by atoms with Gasteiger partial charge in [-0.25, -0.2) is 0 Å². The number of nitrogens with one attached hydrogen (secondary N) is 1. The Bertz CT molecular complexity index is 332. The lowest BCUT2D eigenvalue weighted by atomic mass is 10.2. The molecule has 4 heteroatoms. The summed E-state index contributed by atoms with van der Waals surface area (Å²) >= 11 is 9.98. The number of carbonyl (C=O) groups excluding carboxylic acids is 1. The van der Waals surface area contributed by atoms with E-state index in [9.17, 15) is 4.79 Å². The van der Waals surface area contributed by atoms with Crippen LogP contribution in [0.1, 0.15) is 12.5 Å². The predicted octanol–water partition coefficient (Wildman–Crippen LogP) is 2.91. The van der Waals surface area contributed by atoms with Gasteiger partial charge in [0.2, 0.25) is 5.91 Å². The number of hydrogen-bond acceptors (Lipinski definition) is 2. The van der Waals surface area contributed by atoms with Gasteiger partial charge in [-0.3, -0.25) is 4.79 Å². The Balaban J connectivity index is 2.91. The minimum Gasteiger partial charge on any atom is -0.324 e. The number of thiol groups is 1. The van der Waals surface area contributed by atoms with E-state index in [0.717, 1.165) is 5.56 Å². The van der Waals surface area contributed by atoms with Crippen LogP contribution in [0.5, 0.6) is 0 Å². The molecule has 0 saturated carbocycles. The van der Waals surface area contributed by atoms with E-state index in [0.29, 0.717) is 10.7 Å². The maximum Gasteiger partial charge on any atom is 0.236 e. The van der Waals surface area contributed by atoms with Crippen molar-refractivity contribution in [2.45, 2.75) is 19.1 Å². The SMILES string of the molecule is Cc1cccc(Cl)c1NC(=O)C(C)S. The molecular formula is C10H12ClNOS. The van der Waals surface area contributed by atoms with Gasteiger partial charge in [-0.2, -0.15) is 12.6 Å². The number of hydrogen-bond donors (Lipinski definition) is 2. The van der Waals surface area contributed by atoms with Gasteiger partial charge in [0.25, 0.3) is 0 Å². The molecule has 0 aliphatic heterocycles. The second kappa shape index (κ2) is 4.71. The molecular weight excluding hydrogens is 218 g/mol. The van der Waals surface area contributed by atoms with Crippen molar-refractivity contribution in [3.63, 3.8) is 0 Å². The first-order chi connectivity index (χ1) is 6.52. The van der Waals surface area contributed by atoms with E-state index in [2.05, 4.69) is 17.9 Å². The third kappa shape index (κ3) is 2.66. The lowest BCUT2D eigenvalue weighted by Gasteiger charge is -2.11. The van der Waals surface area contributed by atoms with Gasteiger partial charge < -0.3 is 5.32 Å². The van der Waals surface area contributed by atoms with Crippen LogP contribution in [-0.4, -0.2) is 11.2 Å². The third-order valence-corrected chi connectivity index (χ3v) is 2.40. The van der Waals surface area contributed by atoms with Crippen LogP contribution in [0.3, 0.4) is 0 Å². The first-order valence-electron chi connectivity index (χ1n) is 4.26. The normalized spacial score (nSPS) is 12.3. The molecule has 0 saturated heterocycles. The quantitative estimate of drug-likeness (QED) is 0.751. The molecule has 1 atom stereocenters. The van der Waals surface area contributed by atoms with Crippen LogP contribution in [0.25, 0.3) is 0 Å². The van der Waals surface area contributed by atoms with Crippen LogP contribution in [0.2, 0.25) is 5.02 Å². The largest absolute Gasteiger partial charge is 0.324 e. The first kappa shape index (κ1) is 11.4. The predicted molar refractivity (Wildman–Crippen MR) is 63.3 cm³/mol. The van der Waals surface area contributed by atoms with E-state index in [1.165, 1.54) is 0 Å².